The van der Waals surface area contributed by atoms with Crippen molar-refractivity contribution in [3.05, 3.63) is 11.6 Å². The minimum Gasteiger partial charge on any atom is -0.465 e. The molecule has 3 fully saturated rings. The summed E-state index contributed by atoms with van der Waals surface area (Å²) >= 11 is 0. The van der Waals surface area contributed by atoms with Gasteiger partial charge in [0.15, 0.2) is 5.82 Å². The zero-order valence-corrected chi connectivity index (χ0v) is 14.9. The number of carboxylic acid groups (broad SMARTS) is 1. The van der Waals surface area contributed by atoms with Crippen LogP contribution in [0.4, 0.5) is 4.79 Å². The van der Waals surface area contributed by atoms with Crippen LogP contribution in [0.25, 0.3) is 0 Å². The van der Waals surface area contributed by atoms with Gasteiger partial charge in [-0.2, -0.15) is 5.10 Å². The first-order valence-electron chi connectivity index (χ1n) is 9.82. The Morgan fingerprint density at radius 1 is 1.12 bits per heavy atom. The number of nitrogens with zero attached hydrogens (tertiary/aromatic N) is 4. The first-order chi connectivity index (χ1) is 12.2. The molecule has 1 atom stereocenters. The molecule has 1 aliphatic carbocycles. The van der Waals surface area contributed by atoms with Crippen LogP contribution in [-0.4, -0.2) is 68.4 Å². The van der Waals surface area contributed by atoms with Crippen molar-refractivity contribution in [2.75, 3.05) is 26.2 Å². The number of aromatic nitrogens is 3. The van der Waals surface area contributed by atoms with E-state index >= 15 is 0 Å². The number of amides is 1. The van der Waals surface area contributed by atoms with Crippen LogP contribution in [0, 0.1) is 5.92 Å². The van der Waals surface area contributed by atoms with Gasteiger partial charge in [0.1, 0.15) is 5.82 Å². The molecule has 0 bridgehead atoms. The molecule has 1 aromatic rings. The summed E-state index contributed by atoms with van der Waals surface area (Å²) in [6.07, 6.45) is 8.53. The van der Waals surface area contributed by atoms with Gasteiger partial charge in [-0.25, -0.2) is 9.78 Å². The van der Waals surface area contributed by atoms with Crippen LogP contribution in [0.15, 0.2) is 0 Å². The first-order valence-corrected chi connectivity index (χ1v) is 9.82. The van der Waals surface area contributed by atoms with Gasteiger partial charge < -0.3 is 10.0 Å². The molecule has 1 aromatic heterocycles. The maximum Gasteiger partial charge on any atom is 0.407 e. The Morgan fingerprint density at radius 3 is 2.60 bits per heavy atom. The standard InChI is InChI=1S/C18H29N5O2/c24-18(25)22-9-6-15(7-10-22)23-8-2-5-14(12-23)17-19-16(20-21-17)11-13-3-1-4-13/h13-15H,1-12H2,(H,24,25)(H,19,20,21). The Bertz CT molecular complexity index is 592. The fourth-order valence-electron chi connectivity index (χ4n) is 4.53. The van der Waals surface area contributed by atoms with E-state index in [1.54, 1.807) is 4.90 Å². The van der Waals surface area contributed by atoms with Crippen molar-refractivity contribution >= 4 is 6.09 Å². The minimum absolute atomic E-state index is 0.414. The third-order valence-corrected chi connectivity index (χ3v) is 6.33. The van der Waals surface area contributed by atoms with Gasteiger partial charge in [0.25, 0.3) is 0 Å². The maximum absolute atomic E-state index is 11.1. The van der Waals surface area contributed by atoms with E-state index in [1.165, 1.54) is 25.7 Å². The second kappa shape index (κ2) is 7.32. The van der Waals surface area contributed by atoms with Crippen molar-refractivity contribution in [2.45, 2.75) is 63.3 Å². The zero-order chi connectivity index (χ0) is 17.2. The summed E-state index contributed by atoms with van der Waals surface area (Å²) in [6, 6.07) is 0.506. The third-order valence-electron chi connectivity index (χ3n) is 6.33. The van der Waals surface area contributed by atoms with Crippen molar-refractivity contribution < 1.29 is 9.90 Å². The van der Waals surface area contributed by atoms with E-state index in [0.29, 0.717) is 25.0 Å². The molecule has 7 heteroatoms. The molecule has 1 saturated carbocycles. The average molecular weight is 347 g/mol. The molecule has 3 heterocycles. The molecule has 2 saturated heterocycles. The summed E-state index contributed by atoms with van der Waals surface area (Å²) in [7, 11) is 0. The first kappa shape index (κ1) is 16.8. The molecule has 7 nitrogen and oxygen atoms in total. The van der Waals surface area contributed by atoms with Crippen LogP contribution in [0.1, 0.15) is 62.5 Å². The van der Waals surface area contributed by atoms with Crippen molar-refractivity contribution in [3.8, 4) is 0 Å². The Morgan fingerprint density at radius 2 is 1.92 bits per heavy atom. The van der Waals surface area contributed by atoms with Crippen LogP contribution in [-0.2, 0) is 6.42 Å². The second-order valence-electron chi connectivity index (χ2n) is 7.98. The highest BCUT2D eigenvalue weighted by Crippen LogP contribution is 2.31. The van der Waals surface area contributed by atoms with Gasteiger partial charge in [0.2, 0.25) is 0 Å². The molecular formula is C18H29N5O2. The summed E-state index contributed by atoms with van der Waals surface area (Å²) in [5, 5.41) is 16.8. The van der Waals surface area contributed by atoms with Gasteiger partial charge >= 0.3 is 6.09 Å². The summed E-state index contributed by atoms with van der Waals surface area (Å²) in [5.41, 5.74) is 0. The van der Waals surface area contributed by atoms with E-state index in [2.05, 4.69) is 15.1 Å². The summed E-state index contributed by atoms with van der Waals surface area (Å²) < 4.78 is 0. The number of hydrogen-bond acceptors (Lipinski definition) is 4. The smallest absolute Gasteiger partial charge is 0.407 e. The van der Waals surface area contributed by atoms with Crippen LogP contribution in [0.3, 0.4) is 0 Å². The lowest BCUT2D eigenvalue weighted by molar-refractivity contribution is 0.0785. The highest BCUT2D eigenvalue weighted by molar-refractivity contribution is 5.65. The lowest BCUT2D eigenvalue weighted by atomic mass is 9.83. The topological polar surface area (TPSA) is 85.4 Å². The molecular weight excluding hydrogens is 318 g/mol. The number of rotatable bonds is 4. The Kier molecular flexibility index (Phi) is 4.92. The second-order valence-corrected chi connectivity index (χ2v) is 7.98. The number of H-pyrrole nitrogens is 1. The number of nitrogens with one attached hydrogen (secondary N) is 1. The summed E-state index contributed by atoms with van der Waals surface area (Å²) in [6.45, 7) is 3.45. The molecule has 0 spiro atoms. The molecule has 25 heavy (non-hydrogen) atoms. The molecule has 3 aliphatic rings. The summed E-state index contributed by atoms with van der Waals surface area (Å²) in [4.78, 5) is 20.0. The predicted octanol–water partition coefficient (Wildman–Crippen LogP) is 2.47. The molecule has 4 rings (SSSR count). The van der Waals surface area contributed by atoms with E-state index in [9.17, 15) is 4.79 Å². The maximum atomic E-state index is 11.1. The van der Waals surface area contributed by atoms with Crippen molar-refractivity contribution in [1.82, 2.24) is 25.0 Å². The fourth-order valence-corrected chi connectivity index (χ4v) is 4.53. The van der Waals surface area contributed by atoms with E-state index < -0.39 is 6.09 Å². The molecule has 1 amide bonds. The quantitative estimate of drug-likeness (QED) is 0.874. The minimum atomic E-state index is -0.783. The molecule has 2 aliphatic heterocycles. The number of aromatic amines is 1. The number of likely N-dealkylation sites (tertiary alicyclic amines) is 2. The highest BCUT2D eigenvalue weighted by Gasteiger charge is 2.32. The van der Waals surface area contributed by atoms with Gasteiger partial charge in [-0.05, 0) is 38.1 Å². The lowest BCUT2D eigenvalue weighted by Gasteiger charge is -2.41. The Balaban J connectivity index is 1.32. The fraction of sp³-hybridized carbons (Fsp3) is 0.833. The van der Waals surface area contributed by atoms with Crippen LogP contribution < -0.4 is 0 Å². The average Bonchev–Trinajstić information content (AvgIpc) is 3.07. The molecule has 2 N–H and O–H groups in total. The van der Waals surface area contributed by atoms with E-state index in [-0.39, 0.29) is 0 Å². The molecule has 138 valence electrons. The zero-order valence-electron chi connectivity index (χ0n) is 14.9. The lowest BCUT2D eigenvalue weighted by Crippen LogP contribution is -2.49. The number of carbonyl (C=O) groups is 1. The van der Waals surface area contributed by atoms with E-state index in [4.69, 9.17) is 10.1 Å². The van der Waals surface area contributed by atoms with Gasteiger partial charge in [-0.1, -0.05) is 19.3 Å². The van der Waals surface area contributed by atoms with Crippen LogP contribution in [0.2, 0.25) is 0 Å². The Labute approximate surface area is 148 Å². The van der Waals surface area contributed by atoms with Gasteiger partial charge in [0.05, 0.1) is 0 Å². The largest absolute Gasteiger partial charge is 0.465 e. The monoisotopic (exact) mass is 347 g/mol. The molecule has 0 aromatic carbocycles. The van der Waals surface area contributed by atoms with Crippen molar-refractivity contribution in [3.63, 3.8) is 0 Å². The number of hydrogen-bond donors (Lipinski definition) is 2. The third kappa shape index (κ3) is 3.81. The molecule has 0 radical (unpaired) electrons. The van der Waals surface area contributed by atoms with Crippen molar-refractivity contribution in [2.24, 2.45) is 5.92 Å². The van der Waals surface area contributed by atoms with Crippen LogP contribution >= 0.6 is 0 Å². The summed E-state index contributed by atoms with van der Waals surface area (Å²) in [5.74, 6) is 3.27. The molecule has 1 unspecified atom stereocenters. The normalized spacial score (nSPS) is 26.6. The number of piperidine rings is 2. The van der Waals surface area contributed by atoms with Gasteiger partial charge in [-0.15, -0.1) is 0 Å². The predicted molar refractivity (Wildman–Crippen MR) is 93.6 cm³/mol. The van der Waals surface area contributed by atoms with Gasteiger partial charge in [-0.3, -0.25) is 10.00 Å². The van der Waals surface area contributed by atoms with Gasteiger partial charge in [0, 0.05) is 38.0 Å². The highest BCUT2D eigenvalue weighted by atomic mass is 16.4. The van der Waals surface area contributed by atoms with Crippen LogP contribution in [0.5, 0.6) is 0 Å². The van der Waals surface area contributed by atoms with E-state index in [0.717, 1.165) is 56.3 Å². The van der Waals surface area contributed by atoms with E-state index in [1.807, 2.05) is 0 Å². The Hall–Kier alpha value is -1.63. The SMILES string of the molecule is O=C(O)N1CCC(N2CCCC(c3n[nH]c(CC4CCC4)n3)C2)CC1. The van der Waals surface area contributed by atoms with Crippen molar-refractivity contribution in [1.29, 1.82) is 0 Å².